The van der Waals surface area contributed by atoms with Crippen LogP contribution in [0.25, 0.3) is 28.0 Å². The highest BCUT2D eigenvalue weighted by atomic mass is 16.5. The van der Waals surface area contributed by atoms with Gasteiger partial charge in [-0.3, -0.25) is 24.2 Å². The van der Waals surface area contributed by atoms with E-state index in [1.165, 1.54) is 37.5 Å². The number of carboxylic acid groups (broad SMARTS) is 1. The number of phenolic OH excluding ortho intramolecular Hbond substituents is 2. The zero-order valence-corrected chi connectivity index (χ0v) is 22.6. The van der Waals surface area contributed by atoms with Gasteiger partial charge in [-0.25, -0.2) is 4.79 Å². The molecule has 1 aromatic heterocycles. The normalized spacial score (nSPS) is 19.5. The van der Waals surface area contributed by atoms with Crippen LogP contribution in [0.15, 0.2) is 74.8 Å². The van der Waals surface area contributed by atoms with Crippen LogP contribution in [0.4, 0.5) is 0 Å². The fraction of sp³-hybridized carbons (Fsp3) is 0.0968. The molecule has 2 aromatic carbocycles. The number of carboxylic acids is 1. The van der Waals surface area contributed by atoms with E-state index in [9.17, 15) is 39.3 Å². The molecule has 2 aliphatic carbocycles. The summed E-state index contributed by atoms with van der Waals surface area (Å²) in [6.45, 7) is 0.396. The summed E-state index contributed by atoms with van der Waals surface area (Å²) < 4.78 is 21.8. The number of phenols is 2. The number of aromatic carboxylic acids is 1. The lowest BCUT2D eigenvalue weighted by Crippen LogP contribution is -2.16. The molecular formula is C31H19NO12. The van der Waals surface area contributed by atoms with E-state index < -0.39 is 45.9 Å². The number of allylic oxidation sites excluding steroid dienone is 5. The van der Waals surface area contributed by atoms with Gasteiger partial charge >= 0.3 is 5.97 Å². The summed E-state index contributed by atoms with van der Waals surface area (Å²) in [6, 6.07) is 2.27. The SMILES string of the molecule is COC1=C(OC2=CC(=O)C3=NCCC3=C2)/C=C/C(=O)C(=O)c2c(cc3oc4cc(C(=O)O)c(OC=O)c(O)c4c3c2O)\C=C\1. The van der Waals surface area contributed by atoms with Gasteiger partial charge in [-0.15, -0.1) is 0 Å². The van der Waals surface area contributed by atoms with E-state index in [0.29, 0.717) is 24.3 Å². The summed E-state index contributed by atoms with van der Waals surface area (Å²) in [5, 5.41) is 31.2. The minimum atomic E-state index is -1.54. The van der Waals surface area contributed by atoms with Crippen LogP contribution in [0, 0.1) is 0 Å². The number of carbonyl (C=O) groups excluding carboxylic acids is 4. The van der Waals surface area contributed by atoms with Crippen LogP contribution in [-0.2, 0) is 23.9 Å². The molecule has 44 heavy (non-hydrogen) atoms. The predicted molar refractivity (Wildman–Crippen MR) is 151 cm³/mol. The molecule has 0 saturated heterocycles. The van der Waals surface area contributed by atoms with Gasteiger partial charge in [0.2, 0.25) is 17.3 Å². The van der Waals surface area contributed by atoms with Crippen LogP contribution in [0.3, 0.4) is 0 Å². The third kappa shape index (κ3) is 4.43. The monoisotopic (exact) mass is 597 g/mol. The van der Waals surface area contributed by atoms with E-state index in [0.717, 1.165) is 12.1 Å². The number of aliphatic imine (C=N–C) groups is 1. The van der Waals surface area contributed by atoms with Gasteiger partial charge in [-0.1, -0.05) is 6.08 Å². The summed E-state index contributed by atoms with van der Waals surface area (Å²) >= 11 is 0. The number of ketones is 3. The molecule has 3 aromatic rings. The summed E-state index contributed by atoms with van der Waals surface area (Å²) in [5.74, 6) is -6.15. The zero-order chi connectivity index (χ0) is 31.3. The molecule has 0 amide bonds. The summed E-state index contributed by atoms with van der Waals surface area (Å²) in [7, 11) is 1.33. The maximum Gasteiger partial charge on any atom is 0.339 e. The molecule has 0 spiro atoms. The van der Waals surface area contributed by atoms with Crippen molar-refractivity contribution in [1.29, 1.82) is 0 Å². The molecule has 0 unspecified atom stereocenters. The molecule has 13 nitrogen and oxygen atoms in total. The molecule has 0 atom stereocenters. The average Bonchev–Trinajstić information content (AvgIpc) is 3.61. The third-order valence-electron chi connectivity index (χ3n) is 7.10. The Hall–Kier alpha value is -6.24. The highest BCUT2D eigenvalue weighted by Crippen LogP contribution is 2.47. The van der Waals surface area contributed by atoms with Crippen molar-refractivity contribution >= 4 is 63.5 Å². The second-order valence-electron chi connectivity index (χ2n) is 9.61. The summed E-state index contributed by atoms with van der Waals surface area (Å²) in [5.41, 5.74) is -0.297. The third-order valence-corrected chi connectivity index (χ3v) is 7.10. The molecule has 13 heteroatoms. The quantitative estimate of drug-likeness (QED) is 0.212. The number of methoxy groups -OCH3 is 1. The molecule has 0 bridgehead atoms. The van der Waals surface area contributed by atoms with Gasteiger partial charge in [0.05, 0.1) is 23.4 Å². The smallest absolute Gasteiger partial charge is 0.339 e. The van der Waals surface area contributed by atoms with E-state index in [1.807, 2.05) is 0 Å². The average molecular weight is 597 g/mol. The van der Waals surface area contributed by atoms with E-state index in [-0.39, 0.29) is 57.0 Å². The molecule has 0 fully saturated rings. The highest BCUT2D eigenvalue weighted by Gasteiger charge is 2.30. The molecule has 3 aliphatic rings. The number of benzene rings is 2. The number of ether oxygens (including phenoxy) is 3. The maximum absolute atomic E-state index is 13.4. The summed E-state index contributed by atoms with van der Waals surface area (Å²) in [4.78, 5) is 65.8. The van der Waals surface area contributed by atoms with Gasteiger partial charge in [0.25, 0.3) is 6.47 Å². The van der Waals surface area contributed by atoms with Crippen LogP contribution in [0.5, 0.6) is 17.2 Å². The lowest BCUT2D eigenvalue weighted by Gasteiger charge is -2.15. The lowest BCUT2D eigenvalue weighted by atomic mass is 9.94. The number of hydrogen-bond acceptors (Lipinski definition) is 12. The standard InChI is InChI=1S/C31H19NO12/c1-41-19-4-2-13-9-21-24(25-22(44-21)11-16(31(39)40)30(29(25)38)42-12-33)28(37)23(13)27(36)17(34)3-5-20(19)43-15-8-14-6-7-32-26(14)18(35)10-15/h2-5,8-12,37-38H,6-7H2,1H3,(H,39,40)/b4-2+,5-3+,20-19-. The van der Waals surface area contributed by atoms with E-state index >= 15 is 0 Å². The van der Waals surface area contributed by atoms with Gasteiger partial charge in [0.1, 0.15) is 33.9 Å². The highest BCUT2D eigenvalue weighted by molar-refractivity contribution is 6.51. The fourth-order valence-electron chi connectivity index (χ4n) is 5.16. The molecule has 0 saturated carbocycles. The molecule has 2 heterocycles. The Morgan fingerprint density at radius 3 is 2.41 bits per heavy atom. The van der Waals surface area contributed by atoms with Crippen molar-refractivity contribution < 1.29 is 57.9 Å². The number of nitrogens with zero attached hydrogens (tertiary/aromatic N) is 1. The largest absolute Gasteiger partial charge is 0.506 e. The number of fused-ring (bicyclic) bond motifs is 5. The number of rotatable bonds is 6. The van der Waals surface area contributed by atoms with E-state index in [4.69, 9.17) is 13.9 Å². The molecule has 0 radical (unpaired) electrons. The Kier molecular flexibility index (Phi) is 6.69. The first kappa shape index (κ1) is 27.9. The summed E-state index contributed by atoms with van der Waals surface area (Å²) in [6.07, 6.45) is 8.30. The van der Waals surface area contributed by atoms with Crippen LogP contribution in [-0.4, -0.2) is 64.5 Å². The number of aromatic hydroxyl groups is 2. The van der Waals surface area contributed by atoms with E-state index in [2.05, 4.69) is 9.73 Å². The molecule has 6 rings (SSSR count). The van der Waals surface area contributed by atoms with Gasteiger partial charge in [0.15, 0.2) is 23.0 Å². The van der Waals surface area contributed by atoms with Gasteiger partial charge in [0, 0.05) is 18.7 Å². The molecule has 1 aliphatic heterocycles. The lowest BCUT2D eigenvalue weighted by molar-refractivity contribution is -0.120. The van der Waals surface area contributed by atoms with Crippen molar-refractivity contribution in [2.75, 3.05) is 13.7 Å². The minimum absolute atomic E-state index is 0.0000873. The molecule has 3 N–H and O–H groups in total. The number of carbonyl (C=O) groups is 5. The Balaban J connectivity index is 1.52. The van der Waals surface area contributed by atoms with Crippen molar-refractivity contribution in [3.63, 3.8) is 0 Å². The van der Waals surface area contributed by atoms with Crippen molar-refractivity contribution in [3.8, 4) is 17.2 Å². The maximum atomic E-state index is 13.4. The second kappa shape index (κ2) is 10.5. The first-order valence-corrected chi connectivity index (χ1v) is 12.9. The second-order valence-corrected chi connectivity index (χ2v) is 9.61. The Labute approximate surface area is 245 Å². The zero-order valence-electron chi connectivity index (χ0n) is 22.6. The Morgan fingerprint density at radius 1 is 0.955 bits per heavy atom. The fourth-order valence-corrected chi connectivity index (χ4v) is 5.16. The number of hydrogen-bond donors (Lipinski definition) is 3. The van der Waals surface area contributed by atoms with Crippen LogP contribution in [0.2, 0.25) is 0 Å². The Morgan fingerprint density at radius 2 is 1.68 bits per heavy atom. The molecular weight excluding hydrogens is 578 g/mol. The van der Waals surface area contributed by atoms with Crippen molar-refractivity contribution in [1.82, 2.24) is 0 Å². The first-order valence-electron chi connectivity index (χ1n) is 12.9. The van der Waals surface area contributed by atoms with Gasteiger partial charge in [-0.05, 0) is 47.9 Å². The number of Topliss-reactive ketones (excluding diaryl/α,β-unsaturated/α-hetero) is 1. The van der Waals surface area contributed by atoms with Crippen molar-refractivity contribution in [2.24, 2.45) is 4.99 Å². The van der Waals surface area contributed by atoms with Gasteiger partial charge < -0.3 is 33.9 Å². The minimum Gasteiger partial charge on any atom is -0.506 e. The predicted octanol–water partition coefficient (Wildman–Crippen LogP) is 3.68. The van der Waals surface area contributed by atoms with Gasteiger partial charge in [-0.2, -0.15) is 0 Å². The van der Waals surface area contributed by atoms with E-state index in [1.54, 1.807) is 6.08 Å². The Bertz CT molecular complexity index is 2070. The van der Waals surface area contributed by atoms with Crippen LogP contribution < -0.4 is 4.74 Å². The first-order chi connectivity index (χ1) is 21.1. The number of furan rings is 1. The van der Waals surface area contributed by atoms with Crippen molar-refractivity contribution in [2.45, 2.75) is 6.42 Å². The van der Waals surface area contributed by atoms with Crippen LogP contribution in [0.1, 0.15) is 32.7 Å². The topological polar surface area (TPSA) is 199 Å². The van der Waals surface area contributed by atoms with Crippen LogP contribution >= 0.6 is 0 Å². The van der Waals surface area contributed by atoms with Crippen molar-refractivity contribution in [3.05, 3.63) is 82.1 Å². The molecule has 220 valence electrons.